The molecule has 0 saturated heterocycles. The Morgan fingerprint density at radius 2 is 1.64 bits per heavy atom. The fraction of sp³-hybridized carbons (Fsp3) is 0.417. The molecule has 180 valence electrons. The third-order valence-corrected chi connectivity index (χ3v) is 6.39. The average Bonchev–Trinajstić information content (AvgIpc) is 2.77. The molecule has 0 unspecified atom stereocenters. The summed E-state index contributed by atoms with van der Waals surface area (Å²) in [6.07, 6.45) is 1.45. The number of likely N-dealkylation sites (N-methyl/N-ethyl adjacent to an activating group) is 1. The predicted octanol–water partition coefficient (Wildman–Crippen LogP) is 2.71. The van der Waals surface area contributed by atoms with Crippen molar-refractivity contribution in [3.05, 3.63) is 59.7 Å². The second-order valence-electron chi connectivity index (χ2n) is 7.79. The molecular formula is C24H33N3O5S. The quantitative estimate of drug-likeness (QED) is 0.539. The van der Waals surface area contributed by atoms with E-state index >= 15 is 0 Å². The van der Waals surface area contributed by atoms with Crippen LogP contribution >= 0.6 is 0 Å². The van der Waals surface area contributed by atoms with Gasteiger partial charge in [0.15, 0.2) is 0 Å². The third kappa shape index (κ3) is 7.21. The van der Waals surface area contributed by atoms with Gasteiger partial charge in [-0.05, 0) is 50.1 Å². The maximum Gasteiger partial charge on any atom is 0.244 e. The van der Waals surface area contributed by atoms with E-state index in [1.165, 1.54) is 4.90 Å². The van der Waals surface area contributed by atoms with Gasteiger partial charge in [0.2, 0.25) is 21.8 Å². The van der Waals surface area contributed by atoms with Crippen LogP contribution in [-0.4, -0.2) is 57.6 Å². The lowest BCUT2D eigenvalue weighted by molar-refractivity contribution is -0.140. The second-order valence-corrected chi connectivity index (χ2v) is 9.70. The molecule has 2 amide bonds. The molecule has 8 nitrogen and oxygen atoms in total. The Kier molecular flexibility index (Phi) is 9.28. The first kappa shape index (κ1) is 26.2. The molecule has 0 heterocycles. The van der Waals surface area contributed by atoms with Crippen molar-refractivity contribution in [2.45, 2.75) is 39.8 Å². The molecular weight excluding hydrogens is 442 g/mol. The molecule has 0 spiro atoms. The second kappa shape index (κ2) is 11.7. The maximum atomic E-state index is 13.5. The number of aryl methyl sites for hydroxylation is 1. The van der Waals surface area contributed by atoms with Gasteiger partial charge < -0.3 is 15.0 Å². The number of sulfonamides is 1. The number of carbonyl (C=O) groups excluding carboxylic acids is 2. The Labute approximate surface area is 196 Å². The summed E-state index contributed by atoms with van der Waals surface area (Å²) in [6, 6.07) is 13.4. The minimum Gasteiger partial charge on any atom is -0.497 e. The first-order valence-electron chi connectivity index (χ1n) is 10.8. The molecule has 0 aliphatic carbocycles. The SMILES string of the molecule is CCNC(=O)[C@@H](CC)N(Cc1ccc(OC)cc1)C(=O)CN(c1ccc(C)cc1)S(C)(=O)=O. The molecule has 1 atom stereocenters. The van der Waals surface area contributed by atoms with E-state index in [0.717, 1.165) is 21.7 Å². The molecule has 2 rings (SSSR count). The highest BCUT2D eigenvalue weighted by atomic mass is 32.2. The van der Waals surface area contributed by atoms with Crippen LogP contribution in [0.3, 0.4) is 0 Å². The van der Waals surface area contributed by atoms with Crippen LogP contribution in [0.2, 0.25) is 0 Å². The first-order chi connectivity index (χ1) is 15.6. The maximum absolute atomic E-state index is 13.5. The minimum atomic E-state index is -3.74. The van der Waals surface area contributed by atoms with Gasteiger partial charge >= 0.3 is 0 Å². The van der Waals surface area contributed by atoms with Gasteiger partial charge in [0.05, 0.1) is 19.1 Å². The standard InChI is InChI=1S/C24H33N3O5S/c1-6-22(24(29)25-7-2)26(16-19-10-14-21(32-4)15-11-19)23(28)17-27(33(5,30)31)20-12-8-18(3)9-13-20/h8-15,22H,6-7,16-17H2,1-5H3,(H,25,29)/t22-/m1/s1. The number of hydrogen-bond donors (Lipinski definition) is 1. The fourth-order valence-corrected chi connectivity index (χ4v) is 4.31. The van der Waals surface area contributed by atoms with Crippen LogP contribution in [0.4, 0.5) is 5.69 Å². The highest BCUT2D eigenvalue weighted by Gasteiger charge is 2.31. The molecule has 0 aliphatic heterocycles. The molecule has 0 saturated carbocycles. The number of nitrogens with zero attached hydrogens (tertiary/aromatic N) is 2. The van der Waals surface area contributed by atoms with Gasteiger partial charge in [0.25, 0.3) is 0 Å². The van der Waals surface area contributed by atoms with E-state index < -0.39 is 28.5 Å². The normalized spacial score (nSPS) is 12.0. The van der Waals surface area contributed by atoms with Crippen LogP contribution in [0, 0.1) is 6.92 Å². The summed E-state index contributed by atoms with van der Waals surface area (Å²) in [7, 11) is -2.17. The van der Waals surface area contributed by atoms with Crippen LogP contribution in [0.15, 0.2) is 48.5 Å². The van der Waals surface area contributed by atoms with Crippen molar-refractivity contribution in [3.63, 3.8) is 0 Å². The Hall–Kier alpha value is -3.07. The number of anilines is 1. The molecule has 0 bridgehead atoms. The van der Waals surface area contributed by atoms with Gasteiger partial charge in [-0.1, -0.05) is 36.8 Å². The average molecular weight is 476 g/mol. The fourth-order valence-electron chi connectivity index (χ4n) is 3.46. The van der Waals surface area contributed by atoms with Crippen molar-refractivity contribution in [2.24, 2.45) is 0 Å². The van der Waals surface area contributed by atoms with Crippen molar-refractivity contribution in [2.75, 3.05) is 30.8 Å². The number of methoxy groups -OCH3 is 1. The van der Waals surface area contributed by atoms with E-state index in [2.05, 4.69) is 5.32 Å². The topological polar surface area (TPSA) is 96.0 Å². The van der Waals surface area contributed by atoms with Crippen molar-refractivity contribution >= 4 is 27.5 Å². The lowest BCUT2D eigenvalue weighted by Gasteiger charge is -2.32. The number of carbonyl (C=O) groups is 2. The lowest BCUT2D eigenvalue weighted by Crippen LogP contribution is -2.52. The number of nitrogens with one attached hydrogen (secondary N) is 1. The zero-order chi connectivity index (χ0) is 24.6. The summed E-state index contributed by atoms with van der Waals surface area (Å²) >= 11 is 0. The lowest BCUT2D eigenvalue weighted by atomic mass is 10.1. The van der Waals surface area contributed by atoms with Gasteiger partial charge in [0, 0.05) is 13.1 Å². The highest BCUT2D eigenvalue weighted by molar-refractivity contribution is 7.92. The highest BCUT2D eigenvalue weighted by Crippen LogP contribution is 2.21. The number of amides is 2. The monoisotopic (exact) mass is 475 g/mol. The van der Waals surface area contributed by atoms with Crippen molar-refractivity contribution in [1.82, 2.24) is 10.2 Å². The predicted molar refractivity (Wildman–Crippen MR) is 130 cm³/mol. The molecule has 33 heavy (non-hydrogen) atoms. The van der Waals surface area contributed by atoms with Crippen molar-refractivity contribution in [3.8, 4) is 5.75 Å². The minimum absolute atomic E-state index is 0.157. The van der Waals surface area contributed by atoms with E-state index in [1.807, 2.05) is 32.9 Å². The van der Waals surface area contributed by atoms with E-state index in [9.17, 15) is 18.0 Å². The first-order valence-corrected chi connectivity index (χ1v) is 12.7. The van der Waals surface area contributed by atoms with Gasteiger partial charge in [-0.2, -0.15) is 0 Å². The Morgan fingerprint density at radius 3 is 2.12 bits per heavy atom. The van der Waals surface area contributed by atoms with Crippen LogP contribution in [0.5, 0.6) is 5.75 Å². The van der Waals surface area contributed by atoms with Crippen LogP contribution in [0.25, 0.3) is 0 Å². The van der Waals surface area contributed by atoms with Crippen molar-refractivity contribution < 1.29 is 22.7 Å². The Bertz CT molecular complexity index is 1040. The third-order valence-electron chi connectivity index (χ3n) is 5.25. The molecule has 2 aromatic carbocycles. The van der Waals surface area contributed by atoms with Gasteiger partial charge in [-0.15, -0.1) is 0 Å². The summed E-state index contributed by atoms with van der Waals surface area (Å²) in [5.41, 5.74) is 2.17. The molecule has 0 radical (unpaired) electrons. The van der Waals surface area contributed by atoms with Crippen LogP contribution in [-0.2, 0) is 26.2 Å². The summed E-state index contributed by atoms with van der Waals surface area (Å²) in [4.78, 5) is 27.7. The number of hydrogen-bond acceptors (Lipinski definition) is 5. The number of benzene rings is 2. The summed E-state index contributed by atoms with van der Waals surface area (Å²) in [5, 5.41) is 2.77. The van der Waals surface area contributed by atoms with Crippen LogP contribution in [0.1, 0.15) is 31.4 Å². The van der Waals surface area contributed by atoms with Gasteiger partial charge in [-0.25, -0.2) is 8.42 Å². The molecule has 2 aromatic rings. The number of ether oxygens (including phenoxy) is 1. The zero-order valence-corrected chi connectivity index (χ0v) is 20.7. The molecule has 0 fully saturated rings. The van der Waals surface area contributed by atoms with E-state index in [0.29, 0.717) is 24.4 Å². The molecule has 9 heteroatoms. The van der Waals surface area contributed by atoms with E-state index in [-0.39, 0.29) is 12.5 Å². The molecule has 0 aliphatic rings. The molecule has 0 aromatic heterocycles. The Balaban J connectivity index is 2.40. The zero-order valence-electron chi connectivity index (χ0n) is 19.9. The van der Waals surface area contributed by atoms with Gasteiger partial charge in [-0.3, -0.25) is 13.9 Å². The summed E-state index contributed by atoms with van der Waals surface area (Å²) < 4.78 is 31.3. The van der Waals surface area contributed by atoms with Crippen LogP contribution < -0.4 is 14.4 Å². The summed E-state index contributed by atoms with van der Waals surface area (Å²) in [5.74, 6) is -0.0620. The molecule has 1 N–H and O–H groups in total. The smallest absolute Gasteiger partial charge is 0.244 e. The Morgan fingerprint density at radius 1 is 1.03 bits per heavy atom. The summed E-state index contributed by atoms with van der Waals surface area (Å²) in [6.45, 7) is 5.71. The van der Waals surface area contributed by atoms with Crippen molar-refractivity contribution in [1.29, 1.82) is 0 Å². The van der Waals surface area contributed by atoms with E-state index in [4.69, 9.17) is 4.74 Å². The van der Waals surface area contributed by atoms with Gasteiger partial charge in [0.1, 0.15) is 18.3 Å². The largest absolute Gasteiger partial charge is 0.497 e. The number of rotatable bonds is 11. The van der Waals surface area contributed by atoms with E-state index in [1.54, 1.807) is 43.5 Å².